The molecule has 2 aromatic carbocycles. The molecule has 0 saturated carbocycles. The van der Waals surface area contributed by atoms with Crippen molar-refractivity contribution < 1.29 is 4.79 Å². The third-order valence-electron chi connectivity index (χ3n) is 6.12. The number of nitrogens with zero attached hydrogens (tertiary/aromatic N) is 3. The Balaban J connectivity index is 1.50. The van der Waals surface area contributed by atoms with Crippen LogP contribution in [0.15, 0.2) is 36.7 Å². The van der Waals surface area contributed by atoms with E-state index in [1.54, 1.807) is 6.33 Å². The number of likely N-dealkylation sites (tertiary alicyclic amines) is 1. The Morgan fingerprint density at radius 2 is 2.22 bits per heavy atom. The lowest BCUT2D eigenvalue weighted by molar-refractivity contribution is 0.0595. The fourth-order valence-corrected chi connectivity index (χ4v) is 4.86. The zero-order chi connectivity index (χ0) is 18.5. The molecule has 1 aliphatic heterocycles. The van der Waals surface area contributed by atoms with E-state index in [9.17, 15) is 10.1 Å². The van der Waals surface area contributed by atoms with Crippen molar-refractivity contribution >= 4 is 16.9 Å². The van der Waals surface area contributed by atoms with Gasteiger partial charge in [0.1, 0.15) is 0 Å². The van der Waals surface area contributed by atoms with E-state index in [0.29, 0.717) is 17.0 Å². The molecular formula is C22H20N4O. The summed E-state index contributed by atoms with van der Waals surface area (Å²) >= 11 is 0. The van der Waals surface area contributed by atoms with Gasteiger partial charge in [-0.2, -0.15) is 5.26 Å². The van der Waals surface area contributed by atoms with Crippen LogP contribution in [0.25, 0.3) is 11.0 Å². The number of rotatable bonds is 1. The number of carbonyl (C=O) groups is 1. The van der Waals surface area contributed by atoms with Gasteiger partial charge in [-0.15, -0.1) is 0 Å². The number of aromatic amines is 1. The highest BCUT2D eigenvalue weighted by Crippen LogP contribution is 2.43. The average Bonchev–Trinajstić information content (AvgIpc) is 3.31. The molecule has 1 N–H and O–H groups in total. The monoisotopic (exact) mass is 356 g/mol. The fourth-order valence-electron chi connectivity index (χ4n) is 4.86. The van der Waals surface area contributed by atoms with Crippen LogP contribution in [0, 0.1) is 18.3 Å². The first kappa shape index (κ1) is 16.1. The van der Waals surface area contributed by atoms with Crippen LogP contribution in [0.1, 0.15) is 51.4 Å². The van der Waals surface area contributed by atoms with Gasteiger partial charge in [-0.1, -0.05) is 6.07 Å². The number of hydrogen-bond acceptors (Lipinski definition) is 3. The van der Waals surface area contributed by atoms with Crippen molar-refractivity contribution in [2.75, 3.05) is 6.54 Å². The fraction of sp³-hybridized carbons (Fsp3) is 0.318. The molecular weight excluding hydrogens is 336 g/mol. The quantitative estimate of drug-likeness (QED) is 0.723. The second-order valence-corrected chi connectivity index (χ2v) is 7.63. The summed E-state index contributed by atoms with van der Waals surface area (Å²) in [6.45, 7) is 2.79. The topological polar surface area (TPSA) is 72.8 Å². The highest BCUT2D eigenvalue weighted by Gasteiger charge is 2.41. The van der Waals surface area contributed by atoms with E-state index in [1.165, 1.54) is 11.1 Å². The van der Waals surface area contributed by atoms with E-state index < -0.39 is 0 Å². The Hall–Kier alpha value is -3.13. The van der Waals surface area contributed by atoms with Crippen LogP contribution >= 0.6 is 0 Å². The van der Waals surface area contributed by atoms with Crippen LogP contribution in [-0.2, 0) is 6.42 Å². The summed E-state index contributed by atoms with van der Waals surface area (Å²) in [6.07, 6.45) is 4.62. The third-order valence-corrected chi connectivity index (χ3v) is 6.12. The zero-order valence-corrected chi connectivity index (χ0v) is 15.2. The second kappa shape index (κ2) is 5.95. The van der Waals surface area contributed by atoms with Crippen LogP contribution in [0.5, 0.6) is 0 Å². The van der Waals surface area contributed by atoms with Crippen molar-refractivity contribution in [2.45, 2.75) is 38.1 Å². The number of nitrogens with one attached hydrogen (secondary N) is 1. The number of fused-ring (bicyclic) bond motifs is 4. The standard InChI is InChI=1S/C22H20N4O/c1-13-7-16(9-19-21(13)25-12-24-19)22(27)26-6-2-3-17-18-8-14(11-23)4-5-15(18)10-20(17)26/h4-5,7-9,12,17,20H,2-3,6,10H2,1H3,(H,24,25)/t17-,20+/m0/s1. The molecule has 0 radical (unpaired) electrons. The first-order chi connectivity index (χ1) is 13.2. The number of H-pyrrole nitrogens is 1. The van der Waals surface area contributed by atoms with E-state index in [4.69, 9.17) is 0 Å². The lowest BCUT2D eigenvalue weighted by atomic mass is 9.87. The van der Waals surface area contributed by atoms with E-state index in [2.05, 4.69) is 22.1 Å². The van der Waals surface area contributed by atoms with Crippen molar-refractivity contribution in [3.05, 3.63) is 64.5 Å². The number of amides is 1. The molecule has 3 aromatic rings. The molecule has 2 atom stereocenters. The number of aromatic nitrogens is 2. The Kier molecular flexibility index (Phi) is 3.54. The highest BCUT2D eigenvalue weighted by molar-refractivity contribution is 5.98. The maximum absolute atomic E-state index is 13.4. The maximum Gasteiger partial charge on any atom is 0.254 e. The molecule has 1 aromatic heterocycles. The Morgan fingerprint density at radius 3 is 3.07 bits per heavy atom. The van der Waals surface area contributed by atoms with Gasteiger partial charge in [0.05, 0.1) is 29.0 Å². The summed E-state index contributed by atoms with van der Waals surface area (Å²) in [6, 6.07) is 12.3. The van der Waals surface area contributed by atoms with E-state index in [-0.39, 0.29) is 11.9 Å². The summed E-state index contributed by atoms with van der Waals surface area (Å²) in [7, 11) is 0. The van der Waals surface area contributed by atoms with Gasteiger partial charge in [-0.05, 0) is 67.1 Å². The largest absolute Gasteiger partial charge is 0.344 e. The van der Waals surface area contributed by atoms with Crippen molar-refractivity contribution in [1.29, 1.82) is 5.26 Å². The Morgan fingerprint density at radius 1 is 1.33 bits per heavy atom. The minimum absolute atomic E-state index is 0.0889. The van der Waals surface area contributed by atoms with Gasteiger partial charge in [-0.25, -0.2) is 4.98 Å². The molecule has 1 saturated heterocycles. The summed E-state index contributed by atoms with van der Waals surface area (Å²) in [4.78, 5) is 22.9. The van der Waals surface area contributed by atoms with Crippen molar-refractivity contribution in [1.82, 2.24) is 14.9 Å². The van der Waals surface area contributed by atoms with Crippen LogP contribution in [0.4, 0.5) is 0 Å². The molecule has 5 heteroatoms. The molecule has 1 fully saturated rings. The molecule has 2 aliphatic rings. The first-order valence-corrected chi connectivity index (χ1v) is 9.43. The molecule has 0 unspecified atom stereocenters. The van der Waals surface area contributed by atoms with Gasteiger partial charge in [0.2, 0.25) is 0 Å². The SMILES string of the molecule is Cc1cc(C(=O)N2CCC[C@H]3c4cc(C#N)ccc4C[C@H]32)cc2nc[nH]c12. The second-order valence-electron chi connectivity index (χ2n) is 7.63. The number of piperidine rings is 1. The summed E-state index contributed by atoms with van der Waals surface area (Å²) in [5.74, 6) is 0.423. The minimum atomic E-state index is 0.0889. The van der Waals surface area contributed by atoms with Crippen LogP contribution < -0.4 is 0 Å². The maximum atomic E-state index is 13.4. The molecule has 0 spiro atoms. The number of carbonyl (C=O) groups excluding carboxylic acids is 1. The summed E-state index contributed by atoms with van der Waals surface area (Å²) < 4.78 is 0. The molecule has 5 rings (SSSR count). The van der Waals surface area contributed by atoms with Crippen LogP contribution in [0.2, 0.25) is 0 Å². The predicted octanol–water partition coefficient (Wildman–Crippen LogP) is 3.69. The average molecular weight is 356 g/mol. The van der Waals surface area contributed by atoms with Gasteiger partial charge >= 0.3 is 0 Å². The number of benzene rings is 2. The summed E-state index contributed by atoms with van der Waals surface area (Å²) in [5, 5.41) is 9.23. The minimum Gasteiger partial charge on any atom is -0.344 e. The van der Waals surface area contributed by atoms with E-state index in [0.717, 1.165) is 42.4 Å². The van der Waals surface area contributed by atoms with E-state index in [1.807, 2.05) is 36.1 Å². The first-order valence-electron chi connectivity index (χ1n) is 9.43. The molecule has 1 aliphatic carbocycles. The molecule has 134 valence electrons. The number of hydrogen-bond donors (Lipinski definition) is 1. The van der Waals surface area contributed by atoms with Crippen LogP contribution in [-0.4, -0.2) is 33.4 Å². The van der Waals surface area contributed by atoms with Gasteiger partial charge in [0.25, 0.3) is 5.91 Å². The van der Waals surface area contributed by atoms with Gasteiger partial charge in [0.15, 0.2) is 0 Å². The zero-order valence-electron chi connectivity index (χ0n) is 15.2. The lowest BCUT2D eigenvalue weighted by Gasteiger charge is -2.38. The Labute approximate surface area is 157 Å². The van der Waals surface area contributed by atoms with Crippen molar-refractivity contribution in [3.8, 4) is 6.07 Å². The predicted molar refractivity (Wildman–Crippen MR) is 102 cm³/mol. The van der Waals surface area contributed by atoms with E-state index >= 15 is 0 Å². The molecule has 5 nitrogen and oxygen atoms in total. The normalized spacial score (nSPS) is 21.0. The van der Waals surface area contributed by atoms with Gasteiger partial charge in [0, 0.05) is 24.1 Å². The lowest BCUT2D eigenvalue weighted by Crippen LogP contribution is -2.46. The van der Waals surface area contributed by atoms with Gasteiger partial charge in [-0.3, -0.25) is 4.79 Å². The van der Waals surface area contributed by atoms with Crippen molar-refractivity contribution in [2.24, 2.45) is 0 Å². The highest BCUT2D eigenvalue weighted by atomic mass is 16.2. The number of imidazole rings is 1. The van der Waals surface area contributed by atoms with Crippen molar-refractivity contribution in [3.63, 3.8) is 0 Å². The van der Waals surface area contributed by atoms with Crippen LogP contribution in [0.3, 0.4) is 0 Å². The summed E-state index contributed by atoms with van der Waals surface area (Å²) in [5.41, 5.74) is 6.81. The molecule has 27 heavy (non-hydrogen) atoms. The molecule has 2 heterocycles. The molecule has 1 amide bonds. The third kappa shape index (κ3) is 2.44. The number of aryl methyl sites for hydroxylation is 1. The molecule has 0 bridgehead atoms. The number of nitriles is 1. The van der Waals surface area contributed by atoms with Gasteiger partial charge < -0.3 is 9.88 Å². The Bertz CT molecular complexity index is 1110. The smallest absolute Gasteiger partial charge is 0.254 e.